The molecule has 1 aromatic heterocycles. The van der Waals surface area contributed by atoms with Gasteiger partial charge in [0.05, 0.1) is 7.11 Å². The first kappa shape index (κ1) is 8.81. The van der Waals surface area contributed by atoms with Crippen LogP contribution in [0.3, 0.4) is 0 Å². The Morgan fingerprint density at radius 1 is 1.29 bits per heavy atom. The monoisotopic (exact) mass is 190 g/mol. The lowest BCUT2D eigenvalue weighted by atomic mass is 10.1. The smallest absolute Gasteiger partial charge is 0.379 e. The molecule has 0 radical (unpaired) electrons. The van der Waals surface area contributed by atoms with Gasteiger partial charge in [-0.2, -0.15) is 0 Å². The first-order chi connectivity index (χ1) is 6.74. The molecule has 0 unspecified atom stereocenters. The van der Waals surface area contributed by atoms with Crippen molar-refractivity contribution in [1.29, 1.82) is 0 Å². The molecule has 72 valence electrons. The van der Waals surface area contributed by atoms with Crippen molar-refractivity contribution in [2.75, 3.05) is 7.11 Å². The van der Waals surface area contributed by atoms with E-state index in [9.17, 15) is 4.79 Å². The number of para-hydroxylation sites is 1. The highest BCUT2D eigenvalue weighted by Gasteiger charge is 2.09. The first-order valence-electron chi connectivity index (χ1n) is 4.30. The summed E-state index contributed by atoms with van der Waals surface area (Å²) in [7, 11) is 1.47. The van der Waals surface area contributed by atoms with Crippen LogP contribution in [0.25, 0.3) is 11.0 Å². The molecule has 0 aliphatic rings. The molecule has 0 amide bonds. The van der Waals surface area contributed by atoms with E-state index in [0.29, 0.717) is 5.58 Å². The van der Waals surface area contributed by atoms with Crippen molar-refractivity contribution in [2.45, 2.75) is 6.92 Å². The summed E-state index contributed by atoms with van der Waals surface area (Å²) in [5.74, 6) is 0.281. The molecule has 0 atom stereocenters. The van der Waals surface area contributed by atoms with Gasteiger partial charge in [0.25, 0.3) is 0 Å². The van der Waals surface area contributed by atoms with E-state index in [0.717, 1.165) is 10.9 Å². The average Bonchev–Trinajstić information content (AvgIpc) is 2.18. The van der Waals surface area contributed by atoms with E-state index in [2.05, 4.69) is 0 Å². The molecule has 0 N–H and O–H groups in total. The molecule has 0 saturated carbocycles. The highest BCUT2D eigenvalue weighted by atomic mass is 16.5. The van der Waals surface area contributed by atoms with Gasteiger partial charge in [0, 0.05) is 10.9 Å². The summed E-state index contributed by atoms with van der Waals surface area (Å²) in [4.78, 5) is 11.4. The van der Waals surface area contributed by atoms with E-state index in [1.54, 1.807) is 6.07 Å². The molecule has 0 fully saturated rings. The van der Waals surface area contributed by atoms with Crippen LogP contribution in [-0.4, -0.2) is 7.11 Å². The number of ether oxygens (including phenoxy) is 1. The standard InChI is InChI=1S/C11H10O3/c1-7-8-5-3-4-6-9(8)14-11(12)10(7)13-2/h3-6H,1-2H3. The Kier molecular flexibility index (Phi) is 2.00. The van der Waals surface area contributed by atoms with E-state index in [1.165, 1.54) is 7.11 Å². The fourth-order valence-electron chi connectivity index (χ4n) is 1.52. The summed E-state index contributed by atoms with van der Waals surface area (Å²) < 4.78 is 10.1. The van der Waals surface area contributed by atoms with Crippen molar-refractivity contribution in [3.63, 3.8) is 0 Å². The number of rotatable bonds is 1. The summed E-state index contributed by atoms with van der Waals surface area (Å²) >= 11 is 0. The summed E-state index contributed by atoms with van der Waals surface area (Å²) in [5, 5.41) is 0.906. The molecule has 0 saturated heterocycles. The Balaban J connectivity index is 2.93. The number of aryl methyl sites for hydroxylation is 1. The molecule has 3 nitrogen and oxygen atoms in total. The molecule has 1 aromatic carbocycles. The van der Waals surface area contributed by atoms with Crippen LogP contribution in [0.1, 0.15) is 5.56 Å². The largest absolute Gasteiger partial charge is 0.490 e. The Morgan fingerprint density at radius 2 is 2.00 bits per heavy atom. The van der Waals surface area contributed by atoms with Crippen LogP contribution in [-0.2, 0) is 0 Å². The van der Waals surface area contributed by atoms with Gasteiger partial charge in [0.2, 0.25) is 5.75 Å². The Morgan fingerprint density at radius 3 is 2.71 bits per heavy atom. The van der Waals surface area contributed by atoms with Crippen molar-refractivity contribution in [1.82, 2.24) is 0 Å². The first-order valence-corrected chi connectivity index (χ1v) is 4.30. The number of fused-ring (bicyclic) bond motifs is 1. The van der Waals surface area contributed by atoms with Crippen LogP contribution >= 0.6 is 0 Å². The van der Waals surface area contributed by atoms with E-state index >= 15 is 0 Å². The summed E-state index contributed by atoms with van der Waals surface area (Å²) in [5.41, 5.74) is 0.985. The average molecular weight is 190 g/mol. The maximum atomic E-state index is 11.4. The summed E-state index contributed by atoms with van der Waals surface area (Å²) in [6.07, 6.45) is 0. The number of hydrogen-bond donors (Lipinski definition) is 0. The lowest BCUT2D eigenvalue weighted by molar-refractivity contribution is 0.382. The topological polar surface area (TPSA) is 39.4 Å². The molecule has 2 aromatic rings. The molecule has 2 rings (SSSR count). The number of hydrogen-bond acceptors (Lipinski definition) is 3. The van der Waals surface area contributed by atoms with Gasteiger partial charge < -0.3 is 9.15 Å². The quantitative estimate of drug-likeness (QED) is 0.646. The fraction of sp³-hybridized carbons (Fsp3) is 0.182. The second-order valence-electron chi connectivity index (χ2n) is 3.04. The Hall–Kier alpha value is -1.77. The maximum absolute atomic E-state index is 11.4. The zero-order valence-electron chi connectivity index (χ0n) is 8.03. The highest BCUT2D eigenvalue weighted by Crippen LogP contribution is 2.22. The third-order valence-electron chi connectivity index (χ3n) is 2.22. The highest BCUT2D eigenvalue weighted by molar-refractivity contribution is 5.81. The fourth-order valence-corrected chi connectivity index (χ4v) is 1.52. The van der Waals surface area contributed by atoms with Gasteiger partial charge in [0.15, 0.2) is 0 Å². The minimum absolute atomic E-state index is 0.281. The van der Waals surface area contributed by atoms with Crippen LogP contribution in [0.15, 0.2) is 33.5 Å². The summed E-state index contributed by atoms with van der Waals surface area (Å²) in [6, 6.07) is 7.39. The van der Waals surface area contributed by atoms with E-state index in [4.69, 9.17) is 9.15 Å². The zero-order chi connectivity index (χ0) is 10.1. The van der Waals surface area contributed by atoms with Gasteiger partial charge in [0.1, 0.15) is 5.58 Å². The number of methoxy groups -OCH3 is 1. The molecule has 1 heterocycles. The Labute approximate surface area is 80.9 Å². The van der Waals surface area contributed by atoms with Gasteiger partial charge in [-0.25, -0.2) is 4.79 Å². The van der Waals surface area contributed by atoms with Crippen molar-refractivity contribution < 1.29 is 9.15 Å². The predicted octanol–water partition coefficient (Wildman–Crippen LogP) is 2.11. The maximum Gasteiger partial charge on any atom is 0.379 e. The molecule has 3 heteroatoms. The van der Waals surface area contributed by atoms with Crippen LogP contribution in [0.5, 0.6) is 5.75 Å². The van der Waals surface area contributed by atoms with Crippen LogP contribution in [0.4, 0.5) is 0 Å². The van der Waals surface area contributed by atoms with Gasteiger partial charge in [-0.1, -0.05) is 18.2 Å². The minimum atomic E-state index is -0.427. The third kappa shape index (κ3) is 1.18. The Bertz CT molecular complexity index is 526. The van der Waals surface area contributed by atoms with Crippen molar-refractivity contribution >= 4 is 11.0 Å². The molecular formula is C11H10O3. The van der Waals surface area contributed by atoms with Gasteiger partial charge in [-0.05, 0) is 13.0 Å². The predicted molar refractivity (Wildman–Crippen MR) is 53.8 cm³/mol. The minimum Gasteiger partial charge on any atom is -0.490 e. The van der Waals surface area contributed by atoms with E-state index in [-0.39, 0.29) is 5.75 Å². The van der Waals surface area contributed by atoms with Crippen LogP contribution < -0.4 is 10.4 Å². The second kappa shape index (κ2) is 3.18. The lowest BCUT2D eigenvalue weighted by Crippen LogP contribution is -2.05. The molecule has 0 bridgehead atoms. The molecule has 0 aliphatic heterocycles. The number of benzene rings is 1. The SMILES string of the molecule is COc1c(C)c2ccccc2oc1=O. The van der Waals surface area contributed by atoms with Gasteiger partial charge in [-0.15, -0.1) is 0 Å². The van der Waals surface area contributed by atoms with Crippen molar-refractivity contribution in [3.05, 3.63) is 40.2 Å². The van der Waals surface area contributed by atoms with Crippen LogP contribution in [0.2, 0.25) is 0 Å². The lowest BCUT2D eigenvalue weighted by Gasteiger charge is -2.04. The zero-order valence-corrected chi connectivity index (χ0v) is 8.03. The summed E-state index contributed by atoms with van der Waals surface area (Å²) in [6.45, 7) is 1.85. The van der Waals surface area contributed by atoms with E-state index < -0.39 is 5.63 Å². The molecule has 0 spiro atoms. The van der Waals surface area contributed by atoms with Crippen molar-refractivity contribution in [3.8, 4) is 5.75 Å². The molecule has 14 heavy (non-hydrogen) atoms. The second-order valence-corrected chi connectivity index (χ2v) is 3.04. The molecular weight excluding hydrogens is 180 g/mol. The van der Waals surface area contributed by atoms with Crippen LogP contribution in [0, 0.1) is 6.92 Å². The van der Waals surface area contributed by atoms with E-state index in [1.807, 2.05) is 25.1 Å². The van der Waals surface area contributed by atoms with Gasteiger partial charge >= 0.3 is 5.63 Å². The van der Waals surface area contributed by atoms with Crippen molar-refractivity contribution in [2.24, 2.45) is 0 Å². The third-order valence-corrected chi connectivity index (χ3v) is 2.22. The normalized spacial score (nSPS) is 10.4. The van der Waals surface area contributed by atoms with Gasteiger partial charge in [-0.3, -0.25) is 0 Å². The molecule has 0 aliphatic carbocycles.